The van der Waals surface area contributed by atoms with Crippen molar-refractivity contribution in [3.8, 4) is 11.8 Å². The van der Waals surface area contributed by atoms with Crippen LogP contribution in [0, 0.1) is 11.8 Å². The summed E-state index contributed by atoms with van der Waals surface area (Å²) in [5.41, 5.74) is 4.70. The Morgan fingerprint density at radius 1 is 1.07 bits per heavy atom. The molecule has 1 atom stereocenters. The second-order valence-electron chi connectivity index (χ2n) is 9.09. The molecule has 3 rings (SSSR count). The molecule has 0 aromatic heterocycles. The largest absolute Gasteiger partial charge is 0.380 e. The molecule has 0 amide bonds. The molecule has 148 valence electrons. The molecule has 0 aliphatic carbocycles. The summed E-state index contributed by atoms with van der Waals surface area (Å²) in [5, 5.41) is 0.225. The molecule has 0 radical (unpaired) electrons. The van der Waals surface area contributed by atoms with Crippen LogP contribution in [0.2, 0.25) is 18.1 Å². The van der Waals surface area contributed by atoms with Gasteiger partial charge in [-0.05, 0) is 47.5 Å². The van der Waals surface area contributed by atoms with Crippen molar-refractivity contribution in [2.24, 2.45) is 0 Å². The predicted octanol–water partition coefficient (Wildman–Crippen LogP) is 5.70. The molecule has 0 N–H and O–H groups in total. The third kappa shape index (κ3) is 3.81. The number of nitrogens with zero attached hydrogens (tertiary/aromatic N) is 3. The molecule has 5 heteroatoms. The second-order valence-corrected chi connectivity index (χ2v) is 15.0. The van der Waals surface area contributed by atoms with E-state index in [-0.39, 0.29) is 11.1 Å². The smallest absolute Gasteiger partial charge is 0.157 e. The lowest BCUT2D eigenvalue weighted by Crippen LogP contribution is -2.56. The van der Waals surface area contributed by atoms with Gasteiger partial charge in [-0.15, -0.1) is 0 Å². The average Bonchev–Trinajstić information content (AvgIpc) is 3.00. The van der Waals surface area contributed by atoms with Crippen LogP contribution in [0.25, 0.3) is 0 Å². The zero-order chi connectivity index (χ0) is 20.7. The van der Waals surface area contributed by atoms with E-state index in [1.165, 1.54) is 17.1 Å². The first-order valence-electron chi connectivity index (χ1n) is 9.66. The fourth-order valence-electron chi connectivity index (χ4n) is 3.34. The van der Waals surface area contributed by atoms with Gasteiger partial charge in [-0.2, -0.15) is 0 Å². The van der Waals surface area contributed by atoms with Crippen molar-refractivity contribution in [1.82, 2.24) is 8.49 Å². The standard InChI is InChI=1S/C23H30BrN3Si/c1-23(2,3)28(6,7)27-20(17-22-21(27)9-8-16-26(22)24)15-12-18-10-13-19(14-11-18)25(4)5/h8-11,13-14,16-17,20H,1-7H3. The highest BCUT2D eigenvalue weighted by molar-refractivity contribution is 9.07. The first-order chi connectivity index (χ1) is 13.0. The van der Waals surface area contributed by atoms with Gasteiger partial charge in [0.05, 0.1) is 27.5 Å². The van der Waals surface area contributed by atoms with Crippen LogP contribution in [0.1, 0.15) is 26.3 Å². The van der Waals surface area contributed by atoms with Gasteiger partial charge in [0.25, 0.3) is 0 Å². The molecule has 1 unspecified atom stereocenters. The van der Waals surface area contributed by atoms with Crippen LogP contribution in [0.15, 0.2) is 60.1 Å². The maximum atomic E-state index is 3.66. The fourth-order valence-corrected chi connectivity index (χ4v) is 6.12. The molecule has 1 aromatic carbocycles. The fraction of sp³-hybridized carbons (Fsp3) is 0.391. The Hall–Kier alpha value is -1.90. The Morgan fingerprint density at radius 3 is 2.29 bits per heavy atom. The molecule has 0 spiro atoms. The summed E-state index contributed by atoms with van der Waals surface area (Å²) in [6.45, 7) is 12.0. The van der Waals surface area contributed by atoms with E-state index in [9.17, 15) is 0 Å². The number of hydrogen-bond donors (Lipinski definition) is 0. The van der Waals surface area contributed by atoms with Crippen molar-refractivity contribution in [1.29, 1.82) is 0 Å². The van der Waals surface area contributed by atoms with Crippen LogP contribution in [-0.4, -0.2) is 36.9 Å². The number of rotatable bonds is 2. The normalized spacial score (nSPS) is 18.9. The van der Waals surface area contributed by atoms with Crippen molar-refractivity contribution in [2.45, 2.75) is 44.9 Å². The first kappa shape index (κ1) is 20.8. The summed E-state index contributed by atoms with van der Waals surface area (Å²) in [7, 11) is 2.29. The highest BCUT2D eigenvalue weighted by Crippen LogP contribution is 2.46. The molecule has 0 saturated carbocycles. The summed E-state index contributed by atoms with van der Waals surface area (Å²) in [6, 6.07) is 8.53. The lowest BCUT2D eigenvalue weighted by Gasteiger charge is -2.48. The van der Waals surface area contributed by atoms with Gasteiger partial charge < -0.3 is 9.47 Å². The van der Waals surface area contributed by atoms with E-state index >= 15 is 0 Å². The van der Waals surface area contributed by atoms with Gasteiger partial charge in [-0.25, -0.2) is 0 Å². The minimum Gasteiger partial charge on any atom is -0.380 e. The van der Waals surface area contributed by atoms with Gasteiger partial charge in [-0.3, -0.25) is 3.93 Å². The Kier molecular flexibility index (Phi) is 5.57. The summed E-state index contributed by atoms with van der Waals surface area (Å²) < 4.78 is 4.62. The summed E-state index contributed by atoms with van der Waals surface area (Å²) in [5.74, 6) is 6.97. The molecule has 2 aliphatic heterocycles. The van der Waals surface area contributed by atoms with Crippen molar-refractivity contribution < 1.29 is 0 Å². The number of halogens is 1. The lowest BCUT2D eigenvalue weighted by molar-refractivity contribution is 0.491. The first-order valence-corrected chi connectivity index (χ1v) is 13.3. The van der Waals surface area contributed by atoms with Crippen molar-refractivity contribution in [3.05, 3.63) is 65.7 Å². The zero-order valence-electron chi connectivity index (χ0n) is 17.9. The van der Waals surface area contributed by atoms with Crippen LogP contribution in [-0.2, 0) is 0 Å². The minimum atomic E-state index is -1.81. The summed E-state index contributed by atoms with van der Waals surface area (Å²) >= 11 is 3.66. The quantitative estimate of drug-likeness (QED) is 0.321. The van der Waals surface area contributed by atoms with Crippen molar-refractivity contribution in [3.63, 3.8) is 0 Å². The Bertz CT molecular complexity index is 893. The Balaban J connectivity index is 1.99. The van der Waals surface area contributed by atoms with Crippen molar-refractivity contribution >= 4 is 30.1 Å². The van der Waals surface area contributed by atoms with E-state index in [1.54, 1.807) is 0 Å². The Morgan fingerprint density at radius 2 is 1.71 bits per heavy atom. The average molecular weight is 457 g/mol. The zero-order valence-corrected chi connectivity index (χ0v) is 20.5. The van der Waals surface area contributed by atoms with Gasteiger partial charge in [0.2, 0.25) is 0 Å². The molecule has 0 bridgehead atoms. The van der Waals surface area contributed by atoms with Crippen LogP contribution in [0.3, 0.4) is 0 Å². The van der Waals surface area contributed by atoms with E-state index in [1.807, 2.05) is 10.1 Å². The maximum Gasteiger partial charge on any atom is 0.157 e. The molecule has 28 heavy (non-hydrogen) atoms. The van der Waals surface area contributed by atoms with Crippen LogP contribution >= 0.6 is 16.1 Å². The van der Waals surface area contributed by atoms with E-state index < -0.39 is 8.24 Å². The van der Waals surface area contributed by atoms with E-state index in [2.05, 4.69) is 128 Å². The van der Waals surface area contributed by atoms with Gasteiger partial charge in [-0.1, -0.05) is 45.7 Å². The monoisotopic (exact) mass is 455 g/mol. The molecule has 0 fully saturated rings. The van der Waals surface area contributed by atoms with Gasteiger partial charge in [0.15, 0.2) is 8.24 Å². The van der Waals surface area contributed by atoms with E-state index in [4.69, 9.17) is 0 Å². The molecule has 1 aromatic rings. The van der Waals surface area contributed by atoms with Gasteiger partial charge in [0.1, 0.15) is 6.04 Å². The molecular weight excluding hydrogens is 426 g/mol. The highest BCUT2D eigenvalue weighted by Gasteiger charge is 2.47. The molecule has 2 aliphatic rings. The number of anilines is 1. The molecular formula is C23H30BrN3Si. The Labute approximate surface area is 179 Å². The van der Waals surface area contributed by atoms with Crippen LogP contribution in [0.5, 0.6) is 0 Å². The molecule has 2 heterocycles. The van der Waals surface area contributed by atoms with E-state index in [0.29, 0.717) is 0 Å². The number of benzene rings is 1. The van der Waals surface area contributed by atoms with Crippen LogP contribution in [0.4, 0.5) is 5.69 Å². The van der Waals surface area contributed by atoms with Gasteiger partial charge in [0, 0.05) is 31.5 Å². The topological polar surface area (TPSA) is 9.72 Å². The lowest BCUT2D eigenvalue weighted by atomic mass is 10.2. The minimum absolute atomic E-state index is 0.0793. The van der Waals surface area contributed by atoms with Gasteiger partial charge >= 0.3 is 0 Å². The molecule has 3 nitrogen and oxygen atoms in total. The SMILES string of the molecule is CN(C)c1ccc(C#CC2C=C3C(=CC=CN3Br)N2[Si](C)(C)C(C)(C)C)cc1. The highest BCUT2D eigenvalue weighted by atomic mass is 79.9. The number of hydrogen-bond acceptors (Lipinski definition) is 3. The number of fused-ring (bicyclic) bond motifs is 1. The summed E-state index contributed by atoms with van der Waals surface area (Å²) in [6.07, 6.45) is 8.63. The summed E-state index contributed by atoms with van der Waals surface area (Å²) in [4.78, 5) is 2.10. The number of allylic oxidation sites excluding steroid dienone is 2. The molecule has 0 saturated heterocycles. The third-order valence-corrected chi connectivity index (χ3v) is 12.0. The van der Waals surface area contributed by atoms with E-state index in [0.717, 1.165) is 5.56 Å². The third-order valence-electron chi connectivity index (χ3n) is 6.00. The van der Waals surface area contributed by atoms with Crippen molar-refractivity contribution in [2.75, 3.05) is 19.0 Å². The predicted molar refractivity (Wildman–Crippen MR) is 127 cm³/mol. The van der Waals surface area contributed by atoms with Crippen LogP contribution < -0.4 is 4.90 Å². The maximum absolute atomic E-state index is 3.66. The second kappa shape index (κ2) is 7.49.